The van der Waals surface area contributed by atoms with Crippen molar-refractivity contribution < 1.29 is 18.4 Å². The van der Waals surface area contributed by atoms with Crippen LogP contribution in [-0.4, -0.2) is 11.8 Å². The minimum atomic E-state index is -0.415. The summed E-state index contributed by atoms with van der Waals surface area (Å²) in [6, 6.07) is 15.4. The van der Waals surface area contributed by atoms with Gasteiger partial charge < -0.3 is 19.5 Å². The number of hydrogen-bond acceptors (Lipinski definition) is 4. The van der Waals surface area contributed by atoms with E-state index in [1.165, 1.54) is 6.26 Å². The Morgan fingerprint density at radius 1 is 0.964 bits per heavy atom. The van der Waals surface area contributed by atoms with E-state index in [1.54, 1.807) is 30.3 Å². The van der Waals surface area contributed by atoms with E-state index in [-0.39, 0.29) is 22.5 Å². The number of hydrogen-bond donors (Lipinski definition) is 2. The van der Waals surface area contributed by atoms with Crippen molar-refractivity contribution in [2.75, 3.05) is 10.6 Å². The maximum atomic E-state index is 12.6. The zero-order valence-corrected chi connectivity index (χ0v) is 15.5. The molecule has 0 saturated heterocycles. The second-order valence-electron chi connectivity index (χ2n) is 6.13. The molecule has 28 heavy (non-hydrogen) atoms. The molecular formula is C21H15ClN2O4. The molecule has 7 heteroatoms. The van der Waals surface area contributed by atoms with Gasteiger partial charge in [-0.15, -0.1) is 0 Å². The zero-order valence-electron chi connectivity index (χ0n) is 14.8. The van der Waals surface area contributed by atoms with E-state index in [0.717, 1.165) is 10.9 Å². The fourth-order valence-corrected chi connectivity index (χ4v) is 3.09. The van der Waals surface area contributed by atoms with Crippen LogP contribution in [-0.2, 0) is 0 Å². The molecule has 0 bridgehead atoms. The maximum Gasteiger partial charge on any atom is 0.291 e. The molecule has 2 amide bonds. The Labute approximate surface area is 165 Å². The second kappa shape index (κ2) is 7.25. The minimum absolute atomic E-state index is 0.175. The van der Waals surface area contributed by atoms with Crippen molar-refractivity contribution in [3.05, 3.63) is 83.0 Å². The average Bonchev–Trinajstić information content (AvgIpc) is 3.33. The van der Waals surface area contributed by atoms with E-state index in [1.807, 2.05) is 31.2 Å². The lowest BCUT2D eigenvalue weighted by atomic mass is 10.1. The van der Waals surface area contributed by atoms with Crippen molar-refractivity contribution in [2.24, 2.45) is 0 Å². The molecule has 2 aromatic heterocycles. The summed E-state index contributed by atoms with van der Waals surface area (Å²) in [6.45, 7) is 1.83. The van der Waals surface area contributed by atoms with Crippen LogP contribution in [0.2, 0.25) is 5.02 Å². The summed E-state index contributed by atoms with van der Waals surface area (Å²) in [7, 11) is 0. The van der Waals surface area contributed by atoms with Crippen LogP contribution in [0.5, 0.6) is 0 Å². The number of carbonyl (C=O) groups is 2. The fraction of sp³-hybridized carbons (Fsp3) is 0.0476. The Bertz CT molecular complexity index is 1180. The van der Waals surface area contributed by atoms with E-state index in [9.17, 15) is 9.59 Å². The van der Waals surface area contributed by atoms with Crippen LogP contribution in [0.15, 0.2) is 69.7 Å². The number of halogens is 1. The maximum absolute atomic E-state index is 12.6. The van der Waals surface area contributed by atoms with E-state index in [4.69, 9.17) is 20.4 Å². The average molecular weight is 395 g/mol. The highest BCUT2D eigenvalue weighted by atomic mass is 35.5. The highest BCUT2D eigenvalue weighted by Gasteiger charge is 2.18. The molecule has 2 heterocycles. The number of rotatable bonds is 4. The first-order valence-corrected chi connectivity index (χ1v) is 8.84. The van der Waals surface area contributed by atoms with Crippen LogP contribution in [0, 0.1) is 6.92 Å². The summed E-state index contributed by atoms with van der Waals surface area (Å²) in [6.07, 6.45) is 1.41. The first-order chi connectivity index (χ1) is 13.5. The molecule has 0 aliphatic carbocycles. The molecule has 2 aromatic carbocycles. The van der Waals surface area contributed by atoms with Gasteiger partial charge >= 0.3 is 0 Å². The number of amides is 2. The molecule has 0 radical (unpaired) electrons. The third-order valence-corrected chi connectivity index (χ3v) is 4.58. The van der Waals surface area contributed by atoms with Gasteiger partial charge in [0.15, 0.2) is 11.5 Å². The van der Waals surface area contributed by atoms with Gasteiger partial charge in [-0.3, -0.25) is 9.59 Å². The fourth-order valence-electron chi connectivity index (χ4n) is 2.86. The van der Waals surface area contributed by atoms with E-state index in [0.29, 0.717) is 17.0 Å². The quantitative estimate of drug-likeness (QED) is 0.479. The Hall–Kier alpha value is -3.51. The van der Waals surface area contributed by atoms with Gasteiger partial charge in [0.2, 0.25) is 0 Å². The number of nitrogens with one attached hydrogen (secondary N) is 2. The molecule has 0 aliphatic rings. The van der Waals surface area contributed by atoms with E-state index in [2.05, 4.69) is 10.6 Å². The summed E-state index contributed by atoms with van der Waals surface area (Å²) < 4.78 is 10.7. The third-order valence-electron chi connectivity index (χ3n) is 4.27. The lowest BCUT2D eigenvalue weighted by molar-refractivity contribution is 0.0989. The lowest BCUT2D eigenvalue weighted by Gasteiger charge is -2.09. The highest BCUT2D eigenvalue weighted by Crippen LogP contribution is 2.28. The van der Waals surface area contributed by atoms with Crippen molar-refractivity contribution >= 4 is 45.8 Å². The smallest absolute Gasteiger partial charge is 0.291 e. The van der Waals surface area contributed by atoms with Crippen molar-refractivity contribution in [3.63, 3.8) is 0 Å². The number of para-hydroxylation sites is 1. The molecule has 0 atom stereocenters. The Morgan fingerprint density at radius 3 is 2.50 bits per heavy atom. The van der Waals surface area contributed by atoms with Gasteiger partial charge in [-0.05, 0) is 43.3 Å². The van der Waals surface area contributed by atoms with Crippen molar-refractivity contribution in [3.8, 4) is 0 Å². The van der Waals surface area contributed by atoms with Gasteiger partial charge in [-0.2, -0.15) is 0 Å². The Kier molecular flexibility index (Phi) is 4.63. The van der Waals surface area contributed by atoms with Crippen LogP contribution < -0.4 is 10.6 Å². The Balaban J connectivity index is 1.52. The van der Waals surface area contributed by atoms with Crippen LogP contribution >= 0.6 is 11.6 Å². The van der Waals surface area contributed by atoms with Gasteiger partial charge in [0.25, 0.3) is 11.8 Å². The summed E-state index contributed by atoms with van der Waals surface area (Å²) in [5.74, 6) is -0.375. The number of anilines is 2. The van der Waals surface area contributed by atoms with Gasteiger partial charge in [0.05, 0.1) is 17.0 Å². The van der Waals surface area contributed by atoms with Crippen molar-refractivity contribution in [2.45, 2.75) is 6.92 Å². The SMILES string of the molecule is Cc1c(C(=O)Nc2ccc(NC(=O)c3ccco3)c(Cl)c2)oc2ccccc12. The molecule has 0 spiro atoms. The van der Waals surface area contributed by atoms with Gasteiger partial charge in [-0.1, -0.05) is 29.8 Å². The predicted octanol–water partition coefficient (Wildman–Crippen LogP) is 5.49. The summed E-state index contributed by atoms with van der Waals surface area (Å²) in [5.41, 5.74) is 2.30. The monoisotopic (exact) mass is 394 g/mol. The summed E-state index contributed by atoms with van der Waals surface area (Å²) in [4.78, 5) is 24.7. The third kappa shape index (κ3) is 3.37. The number of carbonyl (C=O) groups excluding carboxylic acids is 2. The molecule has 140 valence electrons. The summed E-state index contributed by atoms with van der Waals surface area (Å²) >= 11 is 6.24. The molecule has 0 unspecified atom stereocenters. The van der Waals surface area contributed by atoms with Gasteiger partial charge in [0.1, 0.15) is 5.58 Å². The van der Waals surface area contributed by atoms with Gasteiger partial charge in [0, 0.05) is 16.6 Å². The number of benzene rings is 2. The van der Waals surface area contributed by atoms with Gasteiger partial charge in [-0.25, -0.2) is 0 Å². The van der Waals surface area contributed by atoms with Crippen LogP contribution in [0.4, 0.5) is 11.4 Å². The largest absolute Gasteiger partial charge is 0.459 e. The summed E-state index contributed by atoms with van der Waals surface area (Å²) in [5, 5.41) is 6.58. The number of furan rings is 2. The van der Waals surface area contributed by atoms with Crippen molar-refractivity contribution in [1.29, 1.82) is 0 Å². The molecule has 4 rings (SSSR count). The lowest BCUT2D eigenvalue weighted by Crippen LogP contribution is -2.13. The second-order valence-corrected chi connectivity index (χ2v) is 6.54. The first-order valence-electron chi connectivity index (χ1n) is 8.47. The standard InChI is InChI=1S/C21H15ClN2O4/c1-12-14-5-2-3-6-17(14)28-19(12)21(26)23-13-8-9-16(15(22)11-13)24-20(25)18-7-4-10-27-18/h2-11H,1H3,(H,23,26)(H,24,25). The normalized spacial score (nSPS) is 10.8. The highest BCUT2D eigenvalue weighted by molar-refractivity contribution is 6.34. The van der Waals surface area contributed by atoms with E-state index >= 15 is 0 Å². The zero-order chi connectivity index (χ0) is 19.7. The molecule has 2 N–H and O–H groups in total. The first kappa shape index (κ1) is 17.9. The van der Waals surface area contributed by atoms with Crippen molar-refractivity contribution in [1.82, 2.24) is 0 Å². The Morgan fingerprint density at radius 2 is 1.79 bits per heavy atom. The topological polar surface area (TPSA) is 84.5 Å². The molecule has 0 saturated carbocycles. The van der Waals surface area contributed by atoms with Crippen LogP contribution in [0.25, 0.3) is 11.0 Å². The predicted molar refractivity (Wildman–Crippen MR) is 107 cm³/mol. The van der Waals surface area contributed by atoms with E-state index < -0.39 is 5.91 Å². The minimum Gasteiger partial charge on any atom is -0.459 e. The van der Waals surface area contributed by atoms with Crippen LogP contribution in [0.3, 0.4) is 0 Å². The van der Waals surface area contributed by atoms with Crippen LogP contribution in [0.1, 0.15) is 26.7 Å². The molecule has 6 nitrogen and oxygen atoms in total. The number of fused-ring (bicyclic) bond motifs is 1. The number of aryl methyl sites for hydroxylation is 1. The molecule has 0 aliphatic heterocycles. The molecular weight excluding hydrogens is 380 g/mol. The molecule has 0 fully saturated rings. The molecule has 4 aromatic rings.